The predicted octanol–water partition coefficient (Wildman–Crippen LogP) is 2.00. The minimum Gasteiger partial charge on any atom is -0.460 e. The first kappa shape index (κ1) is 21.6. The molecular weight excluding hydrogens is 390 g/mol. The molecule has 2 atom stereocenters. The van der Waals surface area contributed by atoms with Gasteiger partial charge in [-0.05, 0) is 44.4 Å². The van der Waals surface area contributed by atoms with Gasteiger partial charge in [-0.2, -0.15) is 11.8 Å². The Balaban J connectivity index is 1.70. The number of carbonyl (C=O) groups is 3. The third kappa shape index (κ3) is 5.30. The van der Waals surface area contributed by atoms with Crippen molar-refractivity contribution in [1.82, 2.24) is 10.2 Å². The van der Waals surface area contributed by atoms with Crippen molar-refractivity contribution in [3.8, 4) is 0 Å². The maximum atomic E-state index is 12.9. The molecule has 2 aliphatic heterocycles. The van der Waals surface area contributed by atoms with Gasteiger partial charge in [-0.15, -0.1) is 0 Å². The molecule has 158 valence electrons. The summed E-state index contributed by atoms with van der Waals surface area (Å²) < 4.78 is 5.30. The van der Waals surface area contributed by atoms with E-state index in [1.54, 1.807) is 20.8 Å². The molecule has 0 spiro atoms. The summed E-state index contributed by atoms with van der Waals surface area (Å²) in [5, 5.41) is 3.50. The summed E-state index contributed by atoms with van der Waals surface area (Å²) in [7, 11) is 0. The number of ether oxygens (including phenoxy) is 1. The van der Waals surface area contributed by atoms with Crippen LogP contribution in [0.25, 0.3) is 0 Å². The van der Waals surface area contributed by atoms with Gasteiger partial charge in [0.15, 0.2) is 0 Å². The predicted molar refractivity (Wildman–Crippen MR) is 112 cm³/mol. The highest BCUT2D eigenvalue weighted by atomic mass is 32.2. The fourth-order valence-electron chi connectivity index (χ4n) is 3.71. The second kappa shape index (κ2) is 8.75. The van der Waals surface area contributed by atoms with Gasteiger partial charge in [0.1, 0.15) is 11.6 Å². The molecule has 3 N–H and O–H groups in total. The SMILES string of the molecule is CC(C)(C)OC(=O)CCC(C(N)=O)N1Cc2cc(C3CSCCN3)ccc2C1=O. The molecule has 0 bridgehead atoms. The minimum absolute atomic E-state index is 0.0273. The van der Waals surface area contributed by atoms with E-state index in [1.165, 1.54) is 4.90 Å². The van der Waals surface area contributed by atoms with Crippen LogP contribution in [-0.2, 0) is 20.9 Å². The zero-order chi connectivity index (χ0) is 21.2. The molecule has 8 heteroatoms. The van der Waals surface area contributed by atoms with Crippen molar-refractivity contribution in [2.24, 2.45) is 5.73 Å². The van der Waals surface area contributed by atoms with Crippen molar-refractivity contribution >= 4 is 29.5 Å². The normalized spacial score (nSPS) is 20.3. The Morgan fingerprint density at radius 3 is 2.76 bits per heavy atom. The number of benzene rings is 1. The number of hydrogen-bond acceptors (Lipinski definition) is 6. The molecule has 2 amide bonds. The van der Waals surface area contributed by atoms with E-state index in [1.807, 2.05) is 30.0 Å². The highest BCUT2D eigenvalue weighted by molar-refractivity contribution is 7.99. The monoisotopic (exact) mass is 419 g/mol. The summed E-state index contributed by atoms with van der Waals surface area (Å²) in [6.45, 7) is 6.65. The topological polar surface area (TPSA) is 102 Å². The smallest absolute Gasteiger partial charge is 0.306 e. The molecule has 7 nitrogen and oxygen atoms in total. The standard InChI is InChI=1S/C21H29N3O4S/c1-21(2,3)28-18(25)7-6-17(19(22)26)24-11-14-10-13(4-5-15(14)20(24)27)16-12-29-9-8-23-16/h4-5,10,16-17,23H,6-9,11-12H2,1-3H3,(H2,22,26). The van der Waals surface area contributed by atoms with E-state index in [9.17, 15) is 14.4 Å². The highest BCUT2D eigenvalue weighted by Crippen LogP contribution is 2.30. The van der Waals surface area contributed by atoms with Crippen LogP contribution in [0, 0.1) is 0 Å². The number of nitrogens with two attached hydrogens (primary N) is 1. The summed E-state index contributed by atoms with van der Waals surface area (Å²) >= 11 is 1.91. The lowest BCUT2D eigenvalue weighted by molar-refractivity contribution is -0.155. The number of primary amides is 1. The number of amides is 2. The third-order valence-electron chi connectivity index (χ3n) is 5.03. The van der Waals surface area contributed by atoms with Crippen molar-refractivity contribution in [3.05, 3.63) is 34.9 Å². The lowest BCUT2D eigenvalue weighted by Crippen LogP contribution is -2.45. The van der Waals surface area contributed by atoms with Gasteiger partial charge in [0, 0.05) is 42.6 Å². The van der Waals surface area contributed by atoms with Crippen molar-refractivity contribution in [3.63, 3.8) is 0 Å². The summed E-state index contributed by atoms with van der Waals surface area (Å²) in [5.41, 5.74) is 7.62. The van der Waals surface area contributed by atoms with Crippen LogP contribution in [0.1, 0.15) is 61.1 Å². The minimum atomic E-state index is -0.839. The van der Waals surface area contributed by atoms with Gasteiger partial charge in [0.2, 0.25) is 5.91 Å². The van der Waals surface area contributed by atoms with Crippen molar-refractivity contribution in [1.29, 1.82) is 0 Å². The molecule has 0 radical (unpaired) electrons. The molecule has 2 aliphatic rings. The van der Waals surface area contributed by atoms with E-state index in [0.717, 1.165) is 29.2 Å². The molecule has 2 heterocycles. The summed E-state index contributed by atoms with van der Waals surface area (Å²) in [4.78, 5) is 38.5. The lowest BCUT2D eigenvalue weighted by Gasteiger charge is -2.26. The highest BCUT2D eigenvalue weighted by Gasteiger charge is 2.36. The zero-order valence-corrected chi connectivity index (χ0v) is 18.0. The Labute approximate surface area is 175 Å². The van der Waals surface area contributed by atoms with Gasteiger partial charge >= 0.3 is 5.97 Å². The van der Waals surface area contributed by atoms with Gasteiger partial charge < -0.3 is 20.7 Å². The molecule has 2 unspecified atom stereocenters. The first-order chi connectivity index (χ1) is 13.7. The van der Waals surface area contributed by atoms with Crippen LogP contribution in [0.4, 0.5) is 0 Å². The number of nitrogens with one attached hydrogen (secondary N) is 1. The molecule has 0 saturated carbocycles. The van der Waals surface area contributed by atoms with Crippen LogP contribution in [0.15, 0.2) is 18.2 Å². The van der Waals surface area contributed by atoms with Crippen LogP contribution in [0.3, 0.4) is 0 Å². The number of esters is 1. The lowest BCUT2D eigenvalue weighted by atomic mass is 10.0. The average Bonchev–Trinajstić information content (AvgIpc) is 2.97. The number of nitrogens with zero attached hydrogens (tertiary/aromatic N) is 1. The molecular formula is C21H29N3O4S. The number of thioether (sulfide) groups is 1. The largest absolute Gasteiger partial charge is 0.460 e. The molecule has 1 saturated heterocycles. The molecule has 29 heavy (non-hydrogen) atoms. The second-order valence-corrected chi connectivity index (χ2v) is 9.62. The first-order valence-electron chi connectivity index (χ1n) is 9.92. The van der Waals surface area contributed by atoms with Gasteiger partial charge in [-0.25, -0.2) is 0 Å². The van der Waals surface area contributed by atoms with E-state index >= 15 is 0 Å². The fraction of sp³-hybridized carbons (Fsp3) is 0.571. The molecule has 0 aliphatic carbocycles. The molecule has 0 aromatic heterocycles. The Bertz CT molecular complexity index is 800. The van der Waals surface area contributed by atoms with Crippen LogP contribution in [0.5, 0.6) is 0 Å². The number of rotatable bonds is 6. The Hall–Kier alpha value is -2.06. The molecule has 3 rings (SSSR count). The molecule has 1 aromatic rings. The maximum absolute atomic E-state index is 12.9. The van der Waals surface area contributed by atoms with Gasteiger partial charge in [-0.1, -0.05) is 12.1 Å². The van der Waals surface area contributed by atoms with Gasteiger partial charge in [-0.3, -0.25) is 14.4 Å². The second-order valence-electron chi connectivity index (χ2n) is 8.47. The molecule has 1 aromatic carbocycles. The quantitative estimate of drug-likeness (QED) is 0.684. The third-order valence-corrected chi connectivity index (χ3v) is 6.09. The maximum Gasteiger partial charge on any atom is 0.306 e. The van der Waals surface area contributed by atoms with Crippen molar-refractivity contribution in [2.45, 2.75) is 57.8 Å². The number of fused-ring (bicyclic) bond motifs is 1. The van der Waals surface area contributed by atoms with Crippen molar-refractivity contribution < 1.29 is 19.1 Å². The Kier molecular flexibility index (Phi) is 6.53. The Morgan fingerprint density at radius 1 is 1.38 bits per heavy atom. The Morgan fingerprint density at radius 2 is 2.14 bits per heavy atom. The average molecular weight is 420 g/mol. The van der Waals surface area contributed by atoms with E-state index in [0.29, 0.717) is 12.1 Å². The van der Waals surface area contributed by atoms with Crippen molar-refractivity contribution in [2.75, 3.05) is 18.1 Å². The van der Waals surface area contributed by atoms with E-state index in [2.05, 4.69) is 5.32 Å². The van der Waals surface area contributed by atoms with E-state index in [4.69, 9.17) is 10.5 Å². The van der Waals surface area contributed by atoms with Crippen LogP contribution in [0.2, 0.25) is 0 Å². The molecule has 1 fully saturated rings. The van der Waals surface area contributed by atoms with Gasteiger partial charge in [0.25, 0.3) is 5.91 Å². The van der Waals surface area contributed by atoms with Crippen LogP contribution < -0.4 is 11.1 Å². The summed E-state index contributed by atoms with van der Waals surface area (Å²) in [5.74, 6) is 0.865. The van der Waals surface area contributed by atoms with Crippen LogP contribution in [-0.4, -0.2) is 52.4 Å². The number of hydrogen-bond donors (Lipinski definition) is 2. The van der Waals surface area contributed by atoms with Gasteiger partial charge in [0.05, 0.1) is 0 Å². The fourth-order valence-corrected chi connectivity index (χ4v) is 4.68. The summed E-state index contributed by atoms with van der Waals surface area (Å²) in [6.07, 6.45) is 0.178. The van der Waals surface area contributed by atoms with Crippen LogP contribution >= 0.6 is 11.8 Å². The first-order valence-corrected chi connectivity index (χ1v) is 11.1. The summed E-state index contributed by atoms with van der Waals surface area (Å²) in [6, 6.07) is 5.28. The number of carbonyl (C=O) groups excluding carboxylic acids is 3. The zero-order valence-electron chi connectivity index (χ0n) is 17.2. The van der Waals surface area contributed by atoms with E-state index in [-0.39, 0.29) is 24.8 Å². The van der Waals surface area contributed by atoms with E-state index < -0.39 is 23.5 Å².